The predicted octanol–water partition coefficient (Wildman–Crippen LogP) is 3.02. The summed E-state index contributed by atoms with van der Waals surface area (Å²) < 4.78 is 27.0. The SMILES string of the molecule is CN(C)c1ccccc1NC(=O)C1CC(=O)N(c2ccc(F)cc2F)C1. The van der Waals surface area contributed by atoms with Crippen molar-refractivity contribution in [1.29, 1.82) is 0 Å². The van der Waals surface area contributed by atoms with E-state index < -0.39 is 17.6 Å². The summed E-state index contributed by atoms with van der Waals surface area (Å²) in [5.74, 6) is -2.82. The molecule has 1 unspecified atom stereocenters. The van der Waals surface area contributed by atoms with Crippen molar-refractivity contribution in [3.8, 4) is 0 Å². The summed E-state index contributed by atoms with van der Waals surface area (Å²) >= 11 is 0. The first-order chi connectivity index (χ1) is 12.4. The number of hydrogen-bond donors (Lipinski definition) is 1. The molecule has 1 aliphatic rings. The molecule has 0 aromatic heterocycles. The number of carbonyl (C=O) groups is 2. The second-order valence-electron chi connectivity index (χ2n) is 6.40. The Labute approximate surface area is 150 Å². The molecule has 7 heteroatoms. The van der Waals surface area contributed by atoms with Crippen molar-refractivity contribution in [3.63, 3.8) is 0 Å². The van der Waals surface area contributed by atoms with Crippen LogP contribution in [0.3, 0.4) is 0 Å². The Bertz CT molecular complexity index is 854. The number of para-hydroxylation sites is 2. The minimum Gasteiger partial charge on any atom is -0.376 e. The largest absolute Gasteiger partial charge is 0.376 e. The Balaban J connectivity index is 1.75. The van der Waals surface area contributed by atoms with E-state index >= 15 is 0 Å². The van der Waals surface area contributed by atoms with Gasteiger partial charge in [-0.2, -0.15) is 0 Å². The van der Waals surface area contributed by atoms with Crippen molar-refractivity contribution in [3.05, 3.63) is 54.1 Å². The summed E-state index contributed by atoms with van der Waals surface area (Å²) in [7, 11) is 3.73. The van der Waals surface area contributed by atoms with Crippen molar-refractivity contribution >= 4 is 28.9 Å². The van der Waals surface area contributed by atoms with Crippen molar-refractivity contribution in [1.82, 2.24) is 0 Å². The monoisotopic (exact) mass is 359 g/mol. The quantitative estimate of drug-likeness (QED) is 0.913. The van der Waals surface area contributed by atoms with Gasteiger partial charge in [-0.3, -0.25) is 9.59 Å². The van der Waals surface area contributed by atoms with Gasteiger partial charge in [-0.15, -0.1) is 0 Å². The molecule has 0 radical (unpaired) electrons. The highest BCUT2D eigenvalue weighted by atomic mass is 19.1. The normalized spacial score (nSPS) is 16.7. The van der Waals surface area contributed by atoms with E-state index in [1.807, 2.05) is 37.2 Å². The molecule has 0 aliphatic carbocycles. The van der Waals surface area contributed by atoms with Gasteiger partial charge >= 0.3 is 0 Å². The minimum absolute atomic E-state index is 0.0135. The van der Waals surface area contributed by atoms with Crippen molar-refractivity contribution in [2.75, 3.05) is 35.8 Å². The third kappa shape index (κ3) is 3.51. The second kappa shape index (κ2) is 7.11. The fourth-order valence-electron chi connectivity index (χ4n) is 3.02. The molecular formula is C19H19F2N3O2. The van der Waals surface area contributed by atoms with Gasteiger partial charge in [0.05, 0.1) is 23.0 Å². The van der Waals surface area contributed by atoms with E-state index in [4.69, 9.17) is 0 Å². The molecule has 2 amide bonds. The first-order valence-electron chi connectivity index (χ1n) is 8.19. The molecule has 0 saturated carbocycles. The maximum atomic E-state index is 14.0. The van der Waals surface area contributed by atoms with Gasteiger partial charge < -0.3 is 15.1 Å². The van der Waals surface area contributed by atoms with Crippen molar-refractivity contribution < 1.29 is 18.4 Å². The molecule has 26 heavy (non-hydrogen) atoms. The standard InChI is InChI=1S/C19H19F2N3O2/c1-23(2)17-6-4-3-5-15(17)22-19(26)12-9-18(25)24(11-12)16-8-7-13(20)10-14(16)21/h3-8,10,12H,9,11H2,1-2H3,(H,22,26). The van der Waals surface area contributed by atoms with Gasteiger partial charge in [0.1, 0.15) is 11.6 Å². The third-order valence-electron chi connectivity index (χ3n) is 4.34. The number of hydrogen-bond acceptors (Lipinski definition) is 3. The highest BCUT2D eigenvalue weighted by Crippen LogP contribution is 2.30. The molecule has 1 fully saturated rings. The number of anilines is 3. The fourth-order valence-corrected chi connectivity index (χ4v) is 3.02. The Morgan fingerprint density at radius 2 is 1.92 bits per heavy atom. The first-order valence-corrected chi connectivity index (χ1v) is 8.19. The summed E-state index contributed by atoms with van der Waals surface area (Å²) in [6.07, 6.45) is -0.0211. The van der Waals surface area contributed by atoms with E-state index in [0.717, 1.165) is 17.8 Å². The Morgan fingerprint density at radius 1 is 1.19 bits per heavy atom. The molecule has 1 heterocycles. The maximum absolute atomic E-state index is 14.0. The lowest BCUT2D eigenvalue weighted by atomic mass is 10.1. The van der Waals surface area contributed by atoms with Gasteiger partial charge in [-0.1, -0.05) is 12.1 Å². The fraction of sp³-hybridized carbons (Fsp3) is 0.263. The van der Waals surface area contributed by atoms with Crippen LogP contribution in [-0.4, -0.2) is 32.5 Å². The molecule has 0 spiro atoms. The van der Waals surface area contributed by atoms with E-state index in [1.54, 1.807) is 6.07 Å². The number of amides is 2. The Kier molecular flexibility index (Phi) is 4.88. The highest BCUT2D eigenvalue weighted by Gasteiger charge is 2.36. The summed E-state index contributed by atoms with van der Waals surface area (Å²) in [5, 5.41) is 2.84. The maximum Gasteiger partial charge on any atom is 0.229 e. The minimum atomic E-state index is -0.822. The number of rotatable bonds is 4. The van der Waals surface area contributed by atoms with E-state index in [9.17, 15) is 18.4 Å². The van der Waals surface area contributed by atoms with E-state index in [2.05, 4.69) is 5.32 Å². The molecular weight excluding hydrogens is 340 g/mol. The number of benzene rings is 2. The van der Waals surface area contributed by atoms with E-state index in [0.29, 0.717) is 5.69 Å². The van der Waals surface area contributed by atoms with Crippen LogP contribution in [0.25, 0.3) is 0 Å². The lowest BCUT2D eigenvalue weighted by molar-refractivity contribution is -0.122. The van der Waals surface area contributed by atoms with Crippen LogP contribution >= 0.6 is 0 Å². The predicted molar refractivity (Wildman–Crippen MR) is 96.2 cm³/mol. The Morgan fingerprint density at radius 3 is 2.62 bits per heavy atom. The zero-order chi connectivity index (χ0) is 18.8. The zero-order valence-electron chi connectivity index (χ0n) is 14.5. The van der Waals surface area contributed by atoms with Gasteiger partial charge in [-0.05, 0) is 24.3 Å². The van der Waals surface area contributed by atoms with Gasteiger partial charge in [0.2, 0.25) is 11.8 Å². The lowest BCUT2D eigenvalue weighted by Gasteiger charge is -2.20. The van der Waals surface area contributed by atoms with E-state index in [-0.39, 0.29) is 30.5 Å². The molecule has 1 saturated heterocycles. The van der Waals surface area contributed by atoms with Crippen LogP contribution in [0.5, 0.6) is 0 Å². The summed E-state index contributed by atoms with van der Waals surface area (Å²) in [5.41, 5.74) is 1.47. The van der Waals surface area contributed by atoms with Crippen LogP contribution in [0, 0.1) is 17.6 Å². The number of halogens is 2. The molecule has 2 aromatic rings. The Hall–Kier alpha value is -2.96. The summed E-state index contributed by atoms with van der Waals surface area (Å²) in [4.78, 5) is 27.9. The van der Waals surface area contributed by atoms with Crippen LogP contribution in [0.4, 0.5) is 25.8 Å². The smallest absolute Gasteiger partial charge is 0.229 e. The lowest BCUT2D eigenvalue weighted by Crippen LogP contribution is -2.29. The zero-order valence-corrected chi connectivity index (χ0v) is 14.5. The van der Waals surface area contributed by atoms with Crippen LogP contribution in [-0.2, 0) is 9.59 Å². The summed E-state index contributed by atoms with van der Waals surface area (Å²) in [6, 6.07) is 10.3. The molecule has 3 rings (SSSR count). The number of nitrogens with zero attached hydrogens (tertiary/aromatic N) is 2. The molecule has 1 N–H and O–H groups in total. The van der Waals surface area contributed by atoms with Crippen LogP contribution in [0.2, 0.25) is 0 Å². The summed E-state index contributed by atoms with van der Waals surface area (Å²) in [6.45, 7) is 0.0529. The van der Waals surface area contributed by atoms with Crippen LogP contribution in [0.15, 0.2) is 42.5 Å². The third-order valence-corrected chi connectivity index (χ3v) is 4.34. The van der Waals surface area contributed by atoms with Gasteiger partial charge in [0.25, 0.3) is 0 Å². The van der Waals surface area contributed by atoms with Gasteiger partial charge in [0.15, 0.2) is 0 Å². The number of carbonyl (C=O) groups excluding carboxylic acids is 2. The topological polar surface area (TPSA) is 52.7 Å². The molecule has 0 bridgehead atoms. The average molecular weight is 359 g/mol. The van der Waals surface area contributed by atoms with Crippen molar-refractivity contribution in [2.24, 2.45) is 5.92 Å². The average Bonchev–Trinajstić information content (AvgIpc) is 2.97. The number of nitrogens with one attached hydrogen (secondary N) is 1. The van der Waals surface area contributed by atoms with Crippen LogP contribution in [0.1, 0.15) is 6.42 Å². The van der Waals surface area contributed by atoms with Crippen LogP contribution < -0.4 is 15.1 Å². The first kappa shape index (κ1) is 17.8. The molecule has 2 aromatic carbocycles. The second-order valence-corrected chi connectivity index (χ2v) is 6.40. The van der Waals surface area contributed by atoms with Gasteiger partial charge in [-0.25, -0.2) is 8.78 Å². The molecule has 5 nitrogen and oxygen atoms in total. The molecule has 1 atom stereocenters. The molecule has 136 valence electrons. The highest BCUT2D eigenvalue weighted by molar-refractivity contribution is 6.04. The van der Waals surface area contributed by atoms with Gasteiger partial charge in [0, 0.05) is 33.1 Å². The molecule has 1 aliphatic heterocycles. The van der Waals surface area contributed by atoms with E-state index in [1.165, 1.54) is 11.0 Å². The van der Waals surface area contributed by atoms with Crippen molar-refractivity contribution in [2.45, 2.75) is 6.42 Å².